The molecular weight excluding hydrogens is 1350 g/mol. The molecule has 5 atom stereocenters. The summed E-state index contributed by atoms with van der Waals surface area (Å²) in [6.45, 7) is 11.9. The molecule has 0 spiro atoms. The molecule has 17 nitrogen and oxygen atoms in total. The van der Waals surface area contributed by atoms with E-state index < -0.39 is 97.5 Å². The molecule has 0 aromatic carbocycles. The number of carbonyl (C=O) groups excluding carboxylic acids is 4. The second kappa shape index (κ2) is 74.6. The van der Waals surface area contributed by atoms with Crippen LogP contribution in [-0.4, -0.2) is 96.7 Å². The average Bonchev–Trinajstić information content (AvgIpc) is 0.917. The van der Waals surface area contributed by atoms with Gasteiger partial charge in [-0.1, -0.05) is 368 Å². The van der Waals surface area contributed by atoms with Crippen molar-refractivity contribution in [3.05, 3.63) is 24.3 Å². The molecule has 0 bridgehead atoms. The summed E-state index contributed by atoms with van der Waals surface area (Å²) in [7, 11) is -9.94. The molecule has 3 N–H and O–H groups in total. The Labute approximate surface area is 637 Å². The molecule has 0 aliphatic heterocycles. The van der Waals surface area contributed by atoms with Gasteiger partial charge in [-0.25, -0.2) is 9.13 Å². The van der Waals surface area contributed by atoms with Crippen LogP contribution in [0.25, 0.3) is 0 Å². The van der Waals surface area contributed by atoms with Crippen LogP contribution < -0.4 is 0 Å². The van der Waals surface area contributed by atoms with Crippen LogP contribution in [0.4, 0.5) is 0 Å². The number of aliphatic hydroxyl groups excluding tert-OH is 1. The number of ether oxygens (including phenoxy) is 4. The molecular formula is C85H162O17P2. The first-order valence-corrected chi connectivity index (χ1v) is 46.2. The second-order valence-corrected chi connectivity index (χ2v) is 34.2. The summed E-state index contributed by atoms with van der Waals surface area (Å²) in [4.78, 5) is 73.1. The van der Waals surface area contributed by atoms with Crippen molar-refractivity contribution in [2.75, 3.05) is 39.6 Å². The van der Waals surface area contributed by atoms with Crippen molar-refractivity contribution >= 4 is 39.5 Å². The molecule has 0 aliphatic rings. The fourth-order valence-corrected chi connectivity index (χ4v) is 14.2. The summed E-state index contributed by atoms with van der Waals surface area (Å²) >= 11 is 0. The highest BCUT2D eigenvalue weighted by Crippen LogP contribution is 2.45. The quantitative estimate of drug-likeness (QED) is 0.0169. The van der Waals surface area contributed by atoms with Crippen molar-refractivity contribution in [2.45, 2.75) is 439 Å². The lowest BCUT2D eigenvalue weighted by Gasteiger charge is -2.21. The zero-order valence-electron chi connectivity index (χ0n) is 68.0. The fraction of sp³-hybridized carbons (Fsp3) is 0.906. The van der Waals surface area contributed by atoms with Gasteiger partial charge in [-0.05, 0) is 69.1 Å². The maximum Gasteiger partial charge on any atom is 0.472 e. The molecule has 0 aliphatic carbocycles. The highest BCUT2D eigenvalue weighted by molar-refractivity contribution is 7.47. The molecule has 19 heteroatoms. The summed E-state index contributed by atoms with van der Waals surface area (Å²) in [6, 6.07) is 0. The molecule has 0 fully saturated rings. The lowest BCUT2D eigenvalue weighted by Crippen LogP contribution is -2.30. The van der Waals surface area contributed by atoms with Gasteiger partial charge in [0.15, 0.2) is 12.2 Å². The minimum Gasteiger partial charge on any atom is -0.462 e. The molecule has 0 amide bonds. The molecule has 614 valence electrons. The molecule has 0 radical (unpaired) electrons. The van der Waals surface area contributed by atoms with Crippen molar-refractivity contribution in [1.29, 1.82) is 0 Å². The van der Waals surface area contributed by atoms with Gasteiger partial charge in [0.05, 0.1) is 26.4 Å². The third kappa shape index (κ3) is 77.7. The minimum absolute atomic E-state index is 0.101. The van der Waals surface area contributed by atoms with Crippen LogP contribution in [0.3, 0.4) is 0 Å². The monoisotopic (exact) mass is 1520 g/mol. The first-order valence-electron chi connectivity index (χ1n) is 43.2. The van der Waals surface area contributed by atoms with Crippen LogP contribution in [0.2, 0.25) is 0 Å². The van der Waals surface area contributed by atoms with Crippen molar-refractivity contribution < 1.29 is 80.2 Å². The van der Waals surface area contributed by atoms with Gasteiger partial charge in [0.25, 0.3) is 0 Å². The van der Waals surface area contributed by atoms with E-state index in [1.54, 1.807) is 0 Å². The van der Waals surface area contributed by atoms with E-state index in [1.165, 1.54) is 205 Å². The smallest absolute Gasteiger partial charge is 0.462 e. The molecule has 0 saturated heterocycles. The average molecular weight is 1520 g/mol. The van der Waals surface area contributed by atoms with E-state index in [1.807, 2.05) is 0 Å². The number of esters is 4. The topological polar surface area (TPSA) is 237 Å². The van der Waals surface area contributed by atoms with Gasteiger partial charge in [0.2, 0.25) is 0 Å². The van der Waals surface area contributed by atoms with E-state index >= 15 is 0 Å². The normalized spacial score (nSPS) is 14.0. The summed E-state index contributed by atoms with van der Waals surface area (Å²) in [5.74, 6) is 0.186. The summed E-state index contributed by atoms with van der Waals surface area (Å²) < 4.78 is 68.8. The second-order valence-electron chi connectivity index (χ2n) is 31.3. The van der Waals surface area contributed by atoms with E-state index in [4.69, 9.17) is 37.0 Å². The molecule has 0 aromatic rings. The number of phosphoric acid groups is 2. The van der Waals surface area contributed by atoms with Gasteiger partial charge >= 0.3 is 39.5 Å². The Hall–Kier alpha value is -2.46. The van der Waals surface area contributed by atoms with Gasteiger partial charge in [-0.3, -0.25) is 37.3 Å². The maximum atomic E-state index is 13.1. The number of phosphoric ester groups is 2. The number of aliphatic hydroxyl groups is 1. The first kappa shape index (κ1) is 102. The van der Waals surface area contributed by atoms with E-state index in [-0.39, 0.29) is 25.7 Å². The predicted molar refractivity (Wildman–Crippen MR) is 427 cm³/mol. The number of unbranched alkanes of at least 4 members (excludes halogenated alkanes) is 46. The van der Waals surface area contributed by atoms with Gasteiger partial charge in [0.1, 0.15) is 19.3 Å². The number of rotatable bonds is 81. The molecule has 0 saturated carbocycles. The molecule has 104 heavy (non-hydrogen) atoms. The fourth-order valence-electron chi connectivity index (χ4n) is 12.7. The molecule has 0 aromatic heterocycles. The molecule has 0 rings (SSSR count). The van der Waals surface area contributed by atoms with Crippen LogP contribution in [-0.2, 0) is 65.4 Å². The van der Waals surface area contributed by atoms with E-state index in [0.717, 1.165) is 127 Å². The minimum atomic E-state index is -4.97. The van der Waals surface area contributed by atoms with Crippen LogP contribution >= 0.6 is 15.6 Å². The SMILES string of the molecule is CCCCCC/C=C\C=C/CCCCCCCC(=O)OC[C@H](COP(=O)(O)OCC(O)COP(=O)(O)OC[C@@H](COC(=O)CCCCCCCCCC(C)C)OC(=O)CCCCCCCCCCCCCCCCCC(C)C)OC(=O)CCCCCCCCCCCCCCCCCCCCC(C)C. The largest absolute Gasteiger partial charge is 0.472 e. The Bertz CT molecular complexity index is 2100. The lowest BCUT2D eigenvalue weighted by molar-refractivity contribution is -0.161. The van der Waals surface area contributed by atoms with Crippen molar-refractivity contribution in [2.24, 2.45) is 17.8 Å². The number of allylic oxidation sites excluding steroid dienone is 4. The third-order valence-electron chi connectivity index (χ3n) is 19.3. The Morgan fingerprint density at radius 1 is 0.298 bits per heavy atom. The van der Waals surface area contributed by atoms with Crippen LogP contribution in [0, 0.1) is 17.8 Å². The van der Waals surface area contributed by atoms with Gasteiger partial charge in [-0.2, -0.15) is 0 Å². The van der Waals surface area contributed by atoms with Crippen LogP contribution in [0.15, 0.2) is 24.3 Å². The first-order chi connectivity index (χ1) is 50.2. The summed E-state index contributed by atoms with van der Waals surface area (Å²) in [6.07, 6.45) is 67.6. The van der Waals surface area contributed by atoms with Crippen molar-refractivity contribution in [1.82, 2.24) is 0 Å². The van der Waals surface area contributed by atoms with E-state index in [0.29, 0.717) is 31.6 Å². The van der Waals surface area contributed by atoms with Crippen molar-refractivity contribution in [3.8, 4) is 0 Å². The van der Waals surface area contributed by atoms with Crippen LogP contribution in [0.1, 0.15) is 421 Å². The maximum absolute atomic E-state index is 13.1. The van der Waals surface area contributed by atoms with Gasteiger partial charge in [-0.15, -0.1) is 0 Å². The Morgan fingerprint density at radius 3 is 0.779 bits per heavy atom. The molecule has 3 unspecified atom stereocenters. The molecule has 0 heterocycles. The number of hydrogen-bond donors (Lipinski definition) is 3. The highest BCUT2D eigenvalue weighted by atomic mass is 31.2. The Morgan fingerprint density at radius 2 is 0.519 bits per heavy atom. The highest BCUT2D eigenvalue weighted by Gasteiger charge is 2.30. The number of carbonyl (C=O) groups is 4. The summed E-state index contributed by atoms with van der Waals surface area (Å²) in [5.41, 5.74) is 0. The van der Waals surface area contributed by atoms with E-state index in [2.05, 4.69) is 72.8 Å². The standard InChI is InChI=1S/C85H162O17P2/c1-8-9-10-11-12-13-14-15-21-28-33-38-45-52-59-66-82(87)95-72-80(101-84(89)68-61-54-46-39-34-29-24-19-17-16-18-22-26-31-36-42-49-56-63-76(2)3)74-99-103(91,92)97-70-79(86)71-98-104(93,94)100-75-81(73-96-83(88)67-60-53-48-41-44-51-58-65-78(6)7)102-85(90)69-62-55-47-40-35-30-25-20-23-27-32-37-43-50-57-64-77(4)5/h13-15,21,76-81,86H,8-12,16-20,22-75H2,1-7H3,(H,91,92)(H,93,94)/b14-13-,21-15-/t79?,80-,81-/m1/s1. The number of hydrogen-bond acceptors (Lipinski definition) is 15. The van der Waals surface area contributed by atoms with Gasteiger partial charge in [0, 0.05) is 25.7 Å². The lowest BCUT2D eigenvalue weighted by atomic mass is 10.0. The van der Waals surface area contributed by atoms with E-state index in [9.17, 15) is 43.2 Å². The van der Waals surface area contributed by atoms with Crippen molar-refractivity contribution in [3.63, 3.8) is 0 Å². The zero-order chi connectivity index (χ0) is 76.5. The van der Waals surface area contributed by atoms with Crippen LogP contribution in [0.5, 0.6) is 0 Å². The Kier molecular flexibility index (Phi) is 72.9. The third-order valence-corrected chi connectivity index (χ3v) is 21.2. The zero-order valence-corrected chi connectivity index (χ0v) is 69.8. The van der Waals surface area contributed by atoms with Gasteiger partial charge < -0.3 is 33.8 Å². The summed E-state index contributed by atoms with van der Waals surface area (Å²) in [5, 5.41) is 10.7. The predicted octanol–water partition coefficient (Wildman–Crippen LogP) is 25.3. The Balaban J connectivity index is 5.25.